The third-order valence-electron chi connectivity index (χ3n) is 5.00. The number of aromatic nitrogens is 2. The number of para-hydroxylation sites is 1. The van der Waals surface area contributed by atoms with Gasteiger partial charge in [0.05, 0.1) is 16.6 Å². The SMILES string of the molecule is Cc1ccc(S(=O)(=O)N2CCCC2c2nnc(C(=O)Nc3ccccc3F)s2)cc1Cl. The van der Waals surface area contributed by atoms with E-state index in [-0.39, 0.29) is 15.6 Å². The second-order valence-corrected chi connectivity index (χ2v) is 10.4. The minimum atomic E-state index is -3.80. The fourth-order valence-corrected chi connectivity index (χ4v) is 6.23. The number of carbonyl (C=O) groups excluding carboxylic acids is 1. The zero-order valence-corrected chi connectivity index (χ0v) is 18.8. The molecule has 1 aliphatic rings. The summed E-state index contributed by atoms with van der Waals surface area (Å²) in [6, 6.07) is 9.89. The van der Waals surface area contributed by atoms with Gasteiger partial charge in [0.15, 0.2) is 0 Å². The molecule has 2 aromatic carbocycles. The zero-order chi connectivity index (χ0) is 22.2. The van der Waals surface area contributed by atoms with Gasteiger partial charge in [-0.3, -0.25) is 4.79 Å². The highest BCUT2D eigenvalue weighted by atomic mass is 35.5. The summed E-state index contributed by atoms with van der Waals surface area (Å²) < 4.78 is 41.6. The van der Waals surface area contributed by atoms with Crippen LogP contribution in [0.15, 0.2) is 47.4 Å². The van der Waals surface area contributed by atoms with Crippen molar-refractivity contribution < 1.29 is 17.6 Å². The van der Waals surface area contributed by atoms with E-state index < -0.39 is 27.8 Å². The maximum Gasteiger partial charge on any atom is 0.286 e. The van der Waals surface area contributed by atoms with Gasteiger partial charge in [-0.15, -0.1) is 10.2 Å². The molecule has 0 spiro atoms. The molecule has 3 aromatic rings. The minimum absolute atomic E-state index is 0.0286. The molecule has 4 rings (SSSR count). The van der Waals surface area contributed by atoms with Crippen molar-refractivity contribution in [1.82, 2.24) is 14.5 Å². The van der Waals surface area contributed by atoms with Crippen LogP contribution in [0.2, 0.25) is 5.02 Å². The van der Waals surface area contributed by atoms with Crippen LogP contribution in [0, 0.1) is 12.7 Å². The zero-order valence-electron chi connectivity index (χ0n) is 16.4. The van der Waals surface area contributed by atoms with Gasteiger partial charge in [-0.2, -0.15) is 4.31 Å². The Balaban J connectivity index is 1.57. The van der Waals surface area contributed by atoms with Gasteiger partial charge in [0.1, 0.15) is 10.8 Å². The highest BCUT2D eigenvalue weighted by Gasteiger charge is 2.38. The molecule has 0 bridgehead atoms. The Kier molecular flexibility index (Phi) is 6.07. The first-order valence-corrected chi connectivity index (χ1v) is 12.1. The lowest BCUT2D eigenvalue weighted by Gasteiger charge is -2.22. The fourth-order valence-electron chi connectivity index (χ4n) is 3.34. The van der Waals surface area contributed by atoms with E-state index in [1.807, 2.05) is 0 Å². The van der Waals surface area contributed by atoms with E-state index in [0.717, 1.165) is 16.9 Å². The highest BCUT2D eigenvalue weighted by Crippen LogP contribution is 2.38. The van der Waals surface area contributed by atoms with Crippen LogP contribution >= 0.6 is 22.9 Å². The first kappa shape index (κ1) is 21.8. The number of sulfonamides is 1. The average Bonchev–Trinajstić information content (AvgIpc) is 3.41. The number of hydrogen-bond acceptors (Lipinski definition) is 6. The molecule has 1 fully saturated rings. The smallest absolute Gasteiger partial charge is 0.286 e. The van der Waals surface area contributed by atoms with Gasteiger partial charge in [0.25, 0.3) is 5.91 Å². The van der Waals surface area contributed by atoms with Crippen molar-refractivity contribution in [1.29, 1.82) is 0 Å². The molecule has 7 nitrogen and oxygen atoms in total. The summed E-state index contributed by atoms with van der Waals surface area (Å²) >= 11 is 7.12. The Morgan fingerprint density at radius 2 is 2.03 bits per heavy atom. The molecular formula is C20H18ClFN4O3S2. The molecule has 2 heterocycles. The Hall–Kier alpha value is -2.40. The molecule has 1 saturated heterocycles. The van der Waals surface area contributed by atoms with Crippen LogP contribution in [0.1, 0.15) is 39.3 Å². The number of amides is 1. The van der Waals surface area contributed by atoms with Gasteiger partial charge < -0.3 is 5.32 Å². The maximum atomic E-state index is 13.8. The molecular weight excluding hydrogens is 463 g/mol. The lowest BCUT2D eigenvalue weighted by molar-refractivity contribution is 0.102. The summed E-state index contributed by atoms with van der Waals surface area (Å²) in [5.41, 5.74) is 0.818. The third kappa shape index (κ3) is 4.33. The number of nitrogens with zero attached hydrogens (tertiary/aromatic N) is 3. The van der Waals surface area contributed by atoms with Crippen molar-refractivity contribution in [2.45, 2.75) is 30.7 Å². The van der Waals surface area contributed by atoms with Gasteiger partial charge >= 0.3 is 0 Å². The molecule has 31 heavy (non-hydrogen) atoms. The van der Waals surface area contributed by atoms with Crippen LogP contribution in [-0.4, -0.2) is 35.4 Å². The molecule has 1 atom stereocenters. The van der Waals surface area contributed by atoms with Crippen LogP contribution in [0.5, 0.6) is 0 Å². The molecule has 0 aliphatic carbocycles. The van der Waals surface area contributed by atoms with Crippen LogP contribution in [0.3, 0.4) is 0 Å². The first-order chi connectivity index (χ1) is 14.8. The van der Waals surface area contributed by atoms with E-state index in [9.17, 15) is 17.6 Å². The second-order valence-electron chi connectivity index (χ2n) is 7.06. The molecule has 0 radical (unpaired) electrons. The van der Waals surface area contributed by atoms with E-state index in [4.69, 9.17) is 11.6 Å². The average molecular weight is 481 g/mol. The van der Waals surface area contributed by atoms with Crippen LogP contribution < -0.4 is 5.32 Å². The molecule has 1 aromatic heterocycles. The fraction of sp³-hybridized carbons (Fsp3) is 0.250. The van der Waals surface area contributed by atoms with Crippen LogP contribution in [-0.2, 0) is 10.0 Å². The van der Waals surface area contributed by atoms with Gasteiger partial charge in [-0.25, -0.2) is 12.8 Å². The summed E-state index contributed by atoms with van der Waals surface area (Å²) in [5.74, 6) is -1.17. The predicted molar refractivity (Wildman–Crippen MR) is 116 cm³/mol. The van der Waals surface area contributed by atoms with E-state index >= 15 is 0 Å². The molecule has 1 N–H and O–H groups in total. The van der Waals surface area contributed by atoms with E-state index in [0.29, 0.717) is 29.4 Å². The third-order valence-corrected chi connectivity index (χ3v) is 8.33. The largest absolute Gasteiger partial charge is 0.317 e. The Labute approximate surface area is 187 Å². The number of aryl methyl sites for hydroxylation is 1. The van der Waals surface area contributed by atoms with Crippen molar-refractivity contribution in [2.24, 2.45) is 0 Å². The van der Waals surface area contributed by atoms with Crippen molar-refractivity contribution in [3.8, 4) is 0 Å². The number of carbonyl (C=O) groups is 1. The van der Waals surface area contributed by atoms with Crippen LogP contribution in [0.4, 0.5) is 10.1 Å². The lowest BCUT2D eigenvalue weighted by atomic mass is 10.2. The molecule has 11 heteroatoms. The van der Waals surface area contributed by atoms with Gasteiger partial charge in [0, 0.05) is 11.6 Å². The summed E-state index contributed by atoms with van der Waals surface area (Å²) in [6.07, 6.45) is 1.21. The standard InChI is InChI=1S/C20H18ClFN4O3S2/c1-12-8-9-13(11-14(12)21)31(28,29)26-10-4-7-17(26)19-24-25-20(30-19)18(27)23-16-6-3-2-5-15(16)22/h2-3,5-6,8-9,11,17H,4,7,10H2,1H3,(H,23,27). The Morgan fingerprint density at radius 1 is 1.26 bits per heavy atom. The lowest BCUT2D eigenvalue weighted by Crippen LogP contribution is -2.30. The molecule has 1 unspecified atom stereocenters. The molecule has 0 saturated carbocycles. The topological polar surface area (TPSA) is 92.3 Å². The van der Waals surface area contributed by atoms with E-state index in [1.165, 1.54) is 34.6 Å². The number of halogens is 2. The van der Waals surface area contributed by atoms with Gasteiger partial charge in [-0.1, -0.05) is 41.1 Å². The summed E-state index contributed by atoms with van der Waals surface area (Å²) in [6.45, 7) is 2.13. The van der Waals surface area contributed by atoms with Crippen LogP contribution in [0.25, 0.3) is 0 Å². The summed E-state index contributed by atoms with van der Waals surface area (Å²) in [5, 5.41) is 11.2. The number of anilines is 1. The number of hydrogen-bond donors (Lipinski definition) is 1. The highest BCUT2D eigenvalue weighted by molar-refractivity contribution is 7.89. The first-order valence-electron chi connectivity index (χ1n) is 9.44. The molecule has 162 valence electrons. The Morgan fingerprint density at radius 3 is 2.77 bits per heavy atom. The number of rotatable bonds is 5. The maximum absolute atomic E-state index is 13.8. The normalized spacial score (nSPS) is 17.1. The van der Waals surface area contributed by atoms with Gasteiger partial charge in [-0.05, 0) is 49.6 Å². The van der Waals surface area contributed by atoms with Crippen molar-refractivity contribution in [3.05, 3.63) is 68.9 Å². The predicted octanol–water partition coefficient (Wildman–Crippen LogP) is 4.42. The summed E-state index contributed by atoms with van der Waals surface area (Å²) in [7, 11) is -3.80. The minimum Gasteiger partial charge on any atom is -0.317 e. The molecule has 1 aliphatic heterocycles. The second kappa shape index (κ2) is 8.62. The monoisotopic (exact) mass is 480 g/mol. The molecule has 1 amide bonds. The number of benzene rings is 2. The van der Waals surface area contributed by atoms with E-state index in [2.05, 4.69) is 15.5 Å². The van der Waals surface area contributed by atoms with Crippen molar-refractivity contribution in [3.63, 3.8) is 0 Å². The summed E-state index contributed by atoms with van der Waals surface area (Å²) in [4.78, 5) is 12.6. The quantitative estimate of drug-likeness (QED) is 0.583. The van der Waals surface area contributed by atoms with Crippen molar-refractivity contribution >= 4 is 44.6 Å². The number of nitrogens with one attached hydrogen (secondary N) is 1. The van der Waals surface area contributed by atoms with E-state index in [1.54, 1.807) is 19.1 Å². The van der Waals surface area contributed by atoms with Crippen molar-refractivity contribution in [2.75, 3.05) is 11.9 Å². The van der Waals surface area contributed by atoms with Gasteiger partial charge in [0.2, 0.25) is 15.0 Å². The Bertz CT molecular complexity index is 1250.